The third kappa shape index (κ3) is 4.69. The van der Waals surface area contributed by atoms with Crippen LogP contribution in [0.1, 0.15) is 24.0 Å². The Bertz CT molecular complexity index is 865. The van der Waals surface area contributed by atoms with Gasteiger partial charge in [0.05, 0.1) is 13.7 Å². The maximum absolute atomic E-state index is 13.0. The molecule has 1 aliphatic heterocycles. The van der Waals surface area contributed by atoms with Gasteiger partial charge in [0.1, 0.15) is 17.3 Å². The molecule has 2 amide bonds. The number of amides is 2. The minimum Gasteiger partial charge on any atom is -0.496 e. The van der Waals surface area contributed by atoms with Crippen LogP contribution in [0.15, 0.2) is 53.6 Å². The number of benzene rings is 2. The van der Waals surface area contributed by atoms with E-state index in [9.17, 15) is 14.0 Å². The number of ether oxygens (including phenoxy) is 1. The molecule has 1 N–H and O–H groups in total. The number of hydrogen-bond acceptors (Lipinski definition) is 4. The van der Waals surface area contributed by atoms with Crippen LogP contribution in [0.25, 0.3) is 0 Å². The molecule has 1 aliphatic rings. The number of hydrazone groups is 1. The molecule has 0 radical (unpaired) electrons. The molecule has 0 bridgehead atoms. The van der Waals surface area contributed by atoms with Gasteiger partial charge >= 0.3 is 0 Å². The Morgan fingerprint density at radius 2 is 1.93 bits per heavy atom. The Kier molecular flexibility index (Phi) is 5.80. The average Bonchev–Trinajstić information content (AvgIpc) is 2.69. The van der Waals surface area contributed by atoms with E-state index in [1.165, 1.54) is 17.1 Å². The van der Waals surface area contributed by atoms with Gasteiger partial charge in [-0.1, -0.05) is 30.3 Å². The Morgan fingerprint density at radius 3 is 2.67 bits per heavy atom. The fourth-order valence-electron chi connectivity index (χ4n) is 2.78. The SMILES string of the molecule is COc1ccccc1CNC(=O)C1=NN(Cc2ccc(F)cc2)C(=O)CC1. The van der Waals surface area contributed by atoms with E-state index >= 15 is 0 Å². The van der Waals surface area contributed by atoms with Crippen molar-refractivity contribution in [3.8, 4) is 5.75 Å². The van der Waals surface area contributed by atoms with Gasteiger partial charge in [-0.15, -0.1) is 0 Å². The zero-order chi connectivity index (χ0) is 19.2. The molecule has 2 aromatic carbocycles. The third-order valence-electron chi connectivity index (χ3n) is 4.24. The first-order valence-electron chi connectivity index (χ1n) is 8.59. The molecule has 0 aromatic heterocycles. The predicted molar refractivity (Wildman–Crippen MR) is 98.5 cm³/mol. The van der Waals surface area contributed by atoms with E-state index in [0.29, 0.717) is 18.0 Å². The molecule has 27 heavy (non-hydrogen) atoms. The van der Waals surface area contributed by atoms with Crippen LogP contribution >= 0.6 is 0 Å². The van der Waals surface area contributed by atoms with Crippen LogP contribution in [-0.2, 0) is 22.7 Å². The van der Waals surface area contributed by atoms with Crippen LogP contribution in [-0.4, -0.2) is 29.6 Å². The van der Waals surface area contributed by atoms with E-state index in [1.807, 2.05) is 24.3 Å². The molecule has 0 aliphatic carbocycles. The second-order valence-electron chi connectivity index (χ2n) is 6.12. The minimum absolute atomic E-state index is 0.166. The molecule has 0 atom stereocenters. The first kappa shape index (κ1) is 18.6. The lowest BCUT2D eigenvalue weighted by Crippen LogP contribution is -2.38. The maximum atomic E-state index is 13.0. The maximum Gasteiger partial charge on any atom is 0.267 e. The Hall–Kier alpha value is -3.22. The van der Waals surface area contributed by atoms with E-state index in [0.717, 1.165) is 11.1 Å². The molecular formula is C20H20FN3O3. The van der Waals surface area contributed by atoms with Crippen molar-refractivity contribution >= 4 is 17.5 Å². The van der Waals surface area contributed by atoms with E-state index in [1.54, 1.807) is 19.2 Å². The van der Waals surface area contributed by atoms with Crippen LogP contribution in [0.3, 0.4) is 0 Å². The normalized spacial score (nSPS) is 13.9. The second-order valence-corrected chi connectivity index (χ2v) is 6.12. The van der Waals surface area contributed by atoms with E-state index in [4.69, 9.17) is 4.74 Å². The average molecular weight is 369 g/mol. The molecule has 6 nitrogen and oxygen atoms in total. The van der Waals surface area contributed by atoms with Gasteiger partial charge in [-0.05, 0) is 23.8 Å². The molecular weight excluding hydrogens is 349 g/mol. The summed E-state index contributed by atoms with van der Waals surface area (Å²) in [5.41, 5.74) is 1.89. The summed E-state index contributed by atoms with van der Waals surface area (Å²) in [5.74, 6) is -0.141. The number of nitrogens with one attached hydrogen (secondary N) is 1. The van der Waals surface area contributed by atoms with Crippen molar-refractivity contribution in [1.29, 1.82) is 0 Å². The van der Waals surface area contributed by atoms with Gasteiger partial charge in [-0.3, -0.25) is 9.59 Å². The summed E-state index contributed by atoms with van der Waals surface area (Å²) in [4.78, 5) is 24.5. The van der Waals surface area contributed by atoms with Crippen molar-refractivity contribution in [3.05, 3.63) is 65.5 Å². The zero-order valence-electron chi connectivity index (χ0n) is 14.9. The highest BCUT2D eigenvalue weighted by Crippen LogP contribution is 2.17. The van der Waals surface area contributed by atoms with Gasteiger partial charge in [0, 0.05) is 24.9 Å². The van der Waals surface area contributed by atoms with Crippen LogP contribution in [0.4, 0.5) is 4.39 Å². The highest BCUT2D eigenvalue weighted by molar-refractivity contribution is 6.39. The first-order valence-corrected chi connectivity index (χ1v) is 8.59. The highest BCUT2D eigenvalue weighted by atomic mass is 19.1. The van der Waals surface area contributed by atoms with Gasteiger partial charge in [0.2, 0.25) is 5.91 Å². The quantitative estimate of drug-likeness (QED) is 0.851. The summed E-state index contributed by atoms with van der Waals surface area (Å²) in [5, 5.41) is 8.27. The number of hydrogen-bond donors (Lipinski definition) is 1. The number of para-hydroxylation sites is 1. The monoisotopic (exact) mass is 369 g/mol. The topological polar surface area (TPSA) is 71.0 Å². The van der Waals surface area contributed by atoms with Gasteiger partial charge in [-0.25, -0.2) is 9.40 Å². The number of rotatable bonds is 6. The Balaban J connectivity index is 1.66. The van der Waals surface area contributed by atoms with E-state index in [-0.39, 0.29) is 37.0 Å². The summed E-state index contributed by atoms with van der Waals surface area (Å²) < 4.78 is 18.3. The van der Waals surface area contributed by atoms with Gasteiger partial charge in [0.25, 0.3) is 5.91 Å². The third-order valence-corrected chi connectivity index (χ3v) is 4.24. The van der Waals surface area contributed by atoms with E-state index in [2.05, 4.69) is 10.4 Å². The Morgan fingerprint density at radius 1 is 1.19 bits per heavy atom. The molecule has 3 rings (SSSR count). The largest absolute Gasteiger partial charge is 0.496 e. The summed E-state index contributed by atoms with van der Waals surface area (Å²) >= 11 is 0. The number of carbonyl (C=O) groups excluding carboxylic acids is 2. The predicted octanol–water partition coefficient (Wildman–Crippen LogP) is 2.63. The van der Waals surface area contributed by atoms with Crippen LogP contribution in [0.2, 0.25) is 0 Å². The smallest absolute Gasteiger partial charge is 0.267 e. The number of nitrogens with zero attached hydrogens (tertiary/aromatic N) is 2. The number of carbonyl (C=O) groups is 2. The van der Waals surface area contributed by atoms with Gasteiger partial charge in [-0.2, -0.15) is 5.10 Å². The molecule has 0 saturated heterocycles. The lowest BCUT2D eigenvalue weighted by Gasteiger charge is -2.23. The summed E-state index contributed by atoms with van der Waals surface area (Å²) in [7, 11) is 1.57. The Labute approximate surface area is 156 Å². The van der Waals surface area contributed by atoms with Crippen molar-refractivity contribution in [2.75, 3.05) is 7.11 Å². The fourth-order valence-corrected chi connectivity index (χ4v) is 2.78. The molecule has 0 spiro atoms. The van der Waals surface area contributed by atoms with Crippen LogP contribution in [0.5, 0.6) is 5.75 Å². The van der Waals surface area contributed by atoms with Gasteiger partial charge < -0.3 is 10.1 Å². The first-order chi connectivity index (χ1) is 13.1. The van der Waals surface area contributed by atoms with Crippen LogP contribution < -0.4 is 10.1 Å². The van der Waals surface area contributed by atoms with Crippen molar-refractivity contribution in [2.45, 2.75) is 25.9 Å². The number of methoxy groups -OCH3 is 1. The minimum atomic E-state index is -0.344. The molecule has 140 valence electrons. The van der Waals surface area contributed by atoms with Crippen LogP contribution in [0, 0.1) is 5.82 Å². The molecule has 7 heteroatoms. The summed E-state index contributed by atoms with van der Waals surface area (Å²) in [6, 6.07) is 13.2. The fraction of sp³-hybridized carbons (Fsp3) is 0.250. The van der Waals surface area contributed by atoms with Crippen molar-refractivity contribution < 1.29 is 18.7 Å². The van der Waals surface area contributed by atoms with Crippen molar-refractivity contribution in [1.82, 2.24) is 10.3 Å². The molecule has 0 fully saturated rings. The highest BCUT2D eigenvalue weighted by Gasteiger charge is 2.24. The summed E-state index contributed by atoms with van der Waals surface area (Å²) in [6.45, 7) is 0.496. The number of halogens is 1. The van der Waals surface area contributed by atoms with Crippen molar-refractivity contribution in [3.63, 3.8) is 0 Å². The summed E-state index contributed by atoms with van der Waals surface area (Å²) in [6.07, 6.45) is 0.499. The second kappa shape index (κ2) is 8.44. The lowest BCUT2D eigenvalue weighted by atomic mass is 10.1. The zero-order valence-corrected chi connectivity index (χ0v) is 14.9. The molecule has 0 saturated carbocycles. The molecule has 1 heterocycles. The standard InChI is InChI=1S/C20H20FN3O3/c1-27-18-5-3-2-4-15(18)12-22-20(26)17-10-11-19(25)24(23-17)13-14-6-8-16(21)9-7-14/h2-9H,10-13H2,1H3,(H,22,26). The lowest BCUT2D eigenvalue weighted by molar-refractivity contribution is -0.132. The van der Waals surface area contributed by atoms with Gasteiger partial charge in [0.15, 0.2) is 0 Å². The molecule has 2 aromatic rings. The van der Waals surface area contributed by atoms with Crippen molar-refractivity contribution in [2.24, 2.45) is 5.10 Å². The molecule has 0 unspecified atom stereocenters. The van der Waals surface area contributed by atoms with E-state index < -0.39 is 0 Å².